The summed E-state index contributed by atoms with van der Waals surface area (Å²) in [6, 6.07) is 0. The molecule has 0 aromatic rings. The average Bonchev–Trinajstić information content (AvgIpc) is 1.93. The van der Waals surface area contributed by atoms with Gasteiger partial charge in [0.2, 0.25) is 0 Å². The van der Waals surface area contributed by atoms with E-state index >= 15 is 0 Å². The van der Waals surface area contributed by atoms with Crippen LogP contribution in [0.4, 0.5) is 13.2 Å². The molecule has 0 aromatic carbocycles. The Bertz CT molecular complexity index is 234. The topological polar surface area (TPSA) is 57.5 Å². The van der Waals surface area contributed by atoms with Crippen molar-refractivity contribution >= 4 is 5.97 Å². The maximum absolute atomic E-state index is 12.2. The Labute approximate surface area is 78.5 Å². The molecule has 82 valence electrons. The second kappa shape index (κ2) is 3.42. The predicted octanol–water partition coefficient (Wildman–Crippen LogP) is 1.55. The quantitative estimate of drug-likeness (QED) is 0.746. The Hall–Kier alpha value is -0.780. The highest BCUT2D eigenvalue weighted by Crippen LogP contribution is 2.41. The summed E-state index contributed by atoms with van der Waals surface area (Å²) in [5.41, 5.74) is -3.57. The third kappa shape index (κ3) is 1.84. The molecule has 0 heterocycles. The highest BCUT2D eigenvalue weighted by molar-refractivity contribution is 5.78. The lowest BCUT2D eigenvalue weighted by atomic mass is 9.77. The molecule has 1 saturated carbocycles. The fourth-order valence-electron chi connectivity index (χ4n) is 1.44. The largest absolute Gasteiger partial charge is 0.479 e. The highest BCUT2D eigenvalue weighted by Gasteiger charge is 2.60. The standard InChI is InChI=1S/C8H11F3O3/c9-8(10,11)7(14,6(12)13)4-5-2-1-3-5/h5,14H,1-4H2,(H,12,13). The lowest BCUT2D eigenvalue weighted by Crippen LogP contribution is -2.53. The molecule has 0 saturated heterocycles. The van der Waals surface area contributed by atoms with Crippen molar-refractivity contribution in [1.82, 2.24) is 0 Å². The Morgan fingerprint density at radius 2 is 1.86 bits per heavy atom. The molecule has 1 unspecified atom stereocenters. The number of carbonyl (C=O) groups is 1. The van der Waals surface area contributed by atoms with Gasteiger partial charge in [-0.25, -0.2) is 4.79 Å². The maximum Gasteiger partial charge on any atom is 0.428 e. The number of hydrogen-bond acceptors (Lipinski definition) is 2. The Kier molecular flexibility index (Phi) is 2.76. The molecule has 0 bridgehead atoms. The van der Waals surface area contributed by atoms with E-state index in [4.69, 9.17) is 10.2 Å². The summed E-state index contributed by atoms with van der Waals surface area (Å²) < 4.78 is 36.7. The first-order valence-corrected chi connectivity index (χ1v) is 4.30. The van der Waals surface area contributed by atoms with Crippen LogP contribution in [0.5, 0.6) is 0 Å². The summed E-state index contributed by atoms with van der Waals surface area (Å²) in [6.07, 6.45) is -3.91. The number of rotatable bonds is 3. The first-order chi connectivity index (χ1) is 6.27. The number of alkyl halides is 3. The van der Waals surface area contributed by atoms with Crippen molar-refractivity contribution in [2.75, 3.05) is 0 Å². The average molecular weight is 212 g/mol. The van der Waals surface area contributed by atoms with Crippen molar-refractivity contribution in [3.63, 3.8) is 0 Å². The molecule has 1 rings (SSSR count). The van der Waals surface area contributed by atoms with Crippen LogP contribution < -0.4 is 0 Å². The smallest absolute Gasteiger partial charge is 0.428 e. The third-order valence-corrected chi connectivity index (χ3v) is 2.63. The molecular formula is C8H11F3O3. The maximum atomic E-state index is 12.2. The van der Waals surface area contributed by atoms with Gasteiger partial charge in [0.05, 0.1) is 0 Å². The van der Waals surface area contributed by atoms with Crippen LogP contribution in [0.3, 0.4) is 0 Å². The Morgan fingerprint density at radius 3 is 2.07 bits per heavy atom. The van der Waals surface area contributed by atoms with E-state index in [-0.39, 0.29) is 5.92 Å². The number of carboxylic acid groups (broad SMARTS) is 1. The zero-order valence-corrected chi connectivity index (χ0v) is 7.34. The Balaban J connectivity index is 2.75. The van der Waals surface area contributed by atoms with E-state index in [1.165, 1.54) is 0 Å². The fourth-order valence-corrected chi connectivity index (χ4v) is 1.44. The van der Waals surface area contributed by atoms with Gasteiger partial charge < -0.3 is 10.2 Å². The van der Waals surface area contributed by atoms with E-state index < -0.39 is 24.2 Å². The van der Waals surface area contributed by atoms with Gasteiger partial charge in [0.15, 0.2) is 0 Å². The number of aliphatic hydroxyl groups is 1. The number of aliphatic carboxylic acids is 1. The highest BCUT2D eigenvalue weighted by atomic mass is 19.4. The van der Waals surface area contributed by atoms with Crippen LogP contribution >= 0.6 is 0 Å². The van der Waals surface area contributed by atoms with Crippen LogP contribution in [0, 0.1) is 5.92 Å². The molecular weight excluding hydrogens is 201 g/mol. The lowest BCUT2D eigenvalue weighted by molar-refractivity contribution is -0.266. The van der Waals surface area contributed by atoms with Gasteiger partial charge in [-0.15, -0.1) is 0 Å². The normalized spacial score (nSPS) is 22.6. The molecule has 0 amide bonds. The summed E-state index contributed by atoms with van der Waals surface area (Å²) in [6.45, 7) is 0. The van der Waals surface area contributed by atoms with Crippen LogP contribution in [-0.4, -0.2) is 28.0 Å². The molecule has 1 atom stereocenters. The first-order valence-electron chi connectivity index (χ1n) is 4.30. The van der Waals surface area contributed by atoms with E-state index in [1.54, 1.807) is 0 Å². The predicted molar refractivity (Wildman–Crippen MR) is 40.6 cm³/mol. The fraction of sp³-hybridized carbons (Fsp3) is 0.875. The molecule has 3 nitrogen and oxygen atoms in total. The van der Waals surface area contributed by atoms with Gasteiger partial charge in [0, 0.05) is 0 Å². The molecule has 6 heteroatoms. The zero-order valence-electron chi connectivity index (χ0n) is 7.34. The van der Waals surface area contributed by atoms with E-state index in [2.05, 4.69) is 0 Å². The molecule has 1 fully saturated rings. The third-order valence-electron chi connectivity index (χ3n) is 2.63. The van der Waals surface area contributed by atoms with Crippen molar-refractivity contribution < 1.29 is 28.2 Å². The van der Waals surface area contributed by atoms with Crippen molar-refractivity contribution in [3.8, 4) is 0 Å². The first kappa shape index (κ1) is 11.3. The summed E-state index contributed by atoms with van der Waals surface area (Å²) in [7, 11) is 0. The van der Waals surface area contributed by atoms with E-state index in [9.17, 15) is 18.0 Å². The molecule has 1 aliphatic carbocycles. The van der Waals surface area contributed by atoms with E-state index in [0.717, 1.165) is 6.42 Å². The second-order valence-corrected chi connectivity index (χ2v) is 3.66. The van der Waals surface area contributed by atoms with Crippen LogP contribution in [0.2, 0.25) is 0 Å². The Morgan fingerprint density at radius 1 is 1.36 bits per heavy atom. The minimum absolute atomic E-state index is 0.322. The van der Waals surface area contributed by atoms with Gasteiger partial charge >= 0.3 is 12.1 Å². The molecule has 2 N–H and O–H groups in total. The van der Waals surface area contributed by atoms with Crippen molar-refractivity contribution in [2.45, 2.75) is 37.5 Å². The molecule has 0 aliphatic heterocycles. The van der Waals surface area contributed by atoms with Gasteiger partial charge in [-0.2, -0.15) is 13.2 Å². The van der Waals surface area contributed by atoms with Crippen LogP contribution in [0.15, 0.2) is 0 Å². The molecule has 14 heavy (non-hydrogen) atoms. The molecule has 0 radical (unpaired) electrons. The molecule has 0 spiro atoms. The monoisotopic (exact) mass is 212 g/mol. The second-order valence-electron chi connectivity index (χ2n) is 3.66. The van der Waals surface area contributed by atoms with Crippen molar-refractivity contribution in [1.29, 1.82) is 0 Å². The number of halogens is 3. The minimum Gasteiger partial charge on any atom is -0.479 e. The van der Waals surface area contributed by atoms with Gasteiger partial charge in [-0.3, -0.25) is 0 Å². The van der Waals surface area contributed by atoms with Gasteiger partial charge in [0.25, 0.3) is 5.60 Å². The van der Waals surface area contributed by atoms with Crippen LogP contribution in [0.25, 0.3) is 0 Å². The summed E-state index contributed by atoms with van der Waals surface area (Å²) >= 11 is 0. The van der Waals surface area contributed by atoms with Crippen LogP contribution in [0.1, 0.15) is 25.7 Å². The van der Waals surface area contributed by atoms with Crippen LogP contribution in [-0.2, 0) is 4.79 Å². The summed E-state index contributed by atoms with van der Waals surface area (Å²) in [5.74, 6) is -2.53. The summed E-state index contributed by atoms with van der Waals surface area (Å²) in [5, 5.41) is 17.4. The number of hydrogen-bond donors (Lipinski definition) is 2. The van der Waals surface area contributed by atoms with Gasteiger partial charge in [0.1, 0.15) is 0 Å². The van der Waals surface area contributed by atoms with Gasteiger partial charge in [-0.05, 0) is 12.3 Å². The number of carboxylic acids is 1. The van der Waals surface area contributed by atoms with Gasteiger partial charge in [-0.1, -0.05) is 19.3 Å². The van der Waals surface area contributed by atoms with E-state index in [1.807, 2.05) is 0 Å². The lowest BCUT2D eigenvalue weighted by Gasteiger charge is -2.33. The molecule has 0 aromatic heterocycles. The van der Waals surface area contributed by atoms with Crippen molar-refractivity contribution in [3.05, 3.63) is 0 Å². The summed E-state index contributed by atoms with van der Waals surface area (Å²) in [4.78, 5) is 10.4. The van der Waals surface area contributed by atoms with Crippen molar-refractivity contribution in [2.24, 2.45) is 5.92 Å². The molecule has 1 aliphatic rings. The zero-order chi connectivity index (χ0) is 11.0. The van der Waals surface area contributed by atoms with E-state index in [0.29, 0.717) is 12.8 Å². The minimum atomic E-state index is -5.10. The SMILES string of the molecule is O=C(O)C(O)(CC1CCC1)C(F)(F)F.